The summed E-state index contributed by atoms with van der Waals surface area (Å²) in [6, 6.07) is 0. The van der Waals surface area contributed by atoms with Crippen molar-refractivity contribution >= 4 is 43.9 Å². The first-order valence-corrected chi connectivity index (χ1v) is 9.63. The molecule has 10 heteroatoms. The molecule has 2 aromatic rings. The molecule has 1 fully saturated rings. The largest absolute Gasteiger partial charge is 0.306 e. The summed E-state index contributed by atoms with van der Waals surface area (Å²) in [4.78, 5) is 4.75. The smallest absolute Gasteiger partial charge is 0.260 e. The first-order chi connectivity index (χ1) is 9.62. The van der Waals surface area contributed by atoms with E-state index in [-0.39, 0.29) is 10.8 Å². The van der Waals surface area contributed by atoms with Crippen LogP contribution in [0, 0.1) is 5.92 Å². The Labute approximate surface area is 125 Å². The van der Waals surface area contributed by atoms with E-state index in [0.717, 1.165) is 17.9 Å². The number of hydrazine groups is 1. The summed E-state index contributed by atoms with van der Waals surface area (Å²) < 4.78 is 29.1. The molecule has 1 aliphatic rings. The normalized spacial score (nSPS) is 19.8. The lowest BCUT2D eigenvalue weighted by molar-refractivity contribution is 0.543. The zero-order valence-electron chi connectivity index (χ0n) is 10.6. The van der Waals surface area contributed by atoms with Crippen LogP contribution in [0.3, 0.4) is 0 Å². The number of fused-ring (bicyclic) bond motifs is 1. The fraction of sp³-hybridized carbons (Fsp3) is 0.500. The molecule has 0 aromatic carbocycles. The minimum Gasteiger partial charge on any atom is -0.306 e. The van der Waals surface area contributed by atoms with Crippen LogP contribution in [-0.2, 0) is 10.0 Å². The van der Waals surface area contributed by atoms with Crippen LogP contribution in [0.1, 0.15) is 6.42 Å². The van der Waals surface area contributed by atoms with Gasteiger partial charge in [0.25, 0.3) is 10.0 Å². The van der Waals surface area contributed by atoms with E-state index in [2.05, 4.69) is 15.1 Å². The Morgan fingerprint density at radius 3 is 3.10 bits per heavy atom. The molecule has 3 heterocycles. The molecule has 4 N–H and O–H groups in total. The number of nitrogens with two attached hydrogens (primary N) is 1. The highest BCUT2D eigenvalue weighted by atomic mass is 32.2. The SMILES string of the molecule is NNc1nc2sccn2c1S(=O)(=O)NCC1CCSC1. The number of rotatable bonds is 5. The van der Waals surface area contributed by atoms with E-state index in [4.69, 9.17) is 5.84 Å². The topological polar surface area (TPSA) is 102 Å². The molecule has 0 saturated carbocycles. The van der Waals surface area contributed by atoms with Gasteiger partial charge in [-0.05, 0) is 23.8 Å². The second kappa shape index (κ2) is 5.53. The molecule has 0 amide bonds. The number of anilines is 1. The Morgan fingerprint density at radius 1 is 1.55 bits per heavy atom. The van der Waals surface area contributed by atoms with Crippen LogP contribution < -0.4 is 16.0 Å². The van der Waals surface area contributed by atoms with Crippen molar-refractivity contribution in [3.8, 4) is 0 Å². The molecule has 0 radical (unpaired) electrons. The van der Waals surface area contributed by atoms with Gasteiger partial charge in [0, 0.05) is 18.1 Å². The molecule has 3 rings (SSSR count). The summed E-state index contributed by atoms with van der Waals surface area (Å²) in [5.41, 5.74) is 2.36. The third kappa shape index (κ3) is 2.53. The number of hydrogen-bond donors (Lipinski definition) is 3. The number of thioether (sulfide) groups is 1. The molecule has 1 aliphatic heterocycles. The molecule has 2 aromatic heterocycles. The van der Waals surface area contributed by atoms with Gasteiger partial charge >= 0.3 is 0 Å². The standard InChI is InChI=1S/C10H15N5O2S3/c11-14-8-9(15-2-4-19-10(15)13-8)20(16,17)12-5-7-1-3-18-6-7/h2,4,7,12,14H,1,3,5-6,11H2. The predicted octanol–water partition coefficient (Wildman–Crippen LogP) is 0.713. The Hall–Kier alpha value is -0.810. The van der Waals surface area contributed by atoms with Crippen LogP contribution in [0.4, 0.5) is 5.82 Å². The average Bonchev–Trinajstić information content (AvgIpc) is 3.11. The minimum atomic E-state index is -3.64. The first-order valence-electron chi connectivity index (χ1n) is 6.11. The molecular weight excluding hydrogens is 318 g/mol. The van der Waals surface area contributed by atoms with Crippen molar-refractivity contribution < 1.29 is 8.42 Å². The zero-order chi connectivity index (χ0) is 14.2. The van der Waals surface area contributed by atoms with Crippen LogP contribution in [0.25, 0.3) is 4.96 Å². The Kier molecular flexibility index (Phi) is 3.91. The van der Waals surface area contributed by atoms with Gasteiger partial charge in [0.15, 0.2) is 10.8 Å². The summed E-state index contributed by atoms with van der Waals surface area (Å²) in [5.74, 6) is 8.05. The second-order valence-corrected chi connectivity index (χ2v) is 8.25. The summed E-state index contributed by atoms with van der Waals surface area (Å²) in [6.07, 6.45) is 2.73. The van der Waals surface area contributed by atoms with Gasteiger partial charge in [-0.3, -0.25) is 4.40 Å². The van der Waals surface area contributed by atoms with Gasteiger partial charge < -0.3 is 5.43 Å². The lowest BCUT2D eigenvalue weighted by Gasteiger charge is -2.11. The van der Waals surface area contributed by atoms with Gasteiger partial charge in [0.05, 0.1) is 0 Å². The van der Waals surface area contributed by atoms with Crippen molar-refractivity contribution in [2.45, 2.75) is 11.4 Å². The molecule has 0 spiro atoms. The van der Waals surface area contributed by atoms with E-state index < -0.39 is 10.0 Å². The maximum Gasteiger partial charge on any atom is 0.260 e. The molecule has 0 bridgehead atoms. The van der Waals surface area contributed by atoms with Gasteiger partial charge in [-0.1, -0.05) is 0 Å². The maximum absolute atomic E-state index is 12.5. The molecule has 20 heavy (non-hydrogen) atoms. The van der Waals surface area contributed by atoms with Crippen LogP contribution >= 0.6 is 23.1 Å². The number of sulfonamides is 1. The highest BCUT2D eigenvalue weighted by molar-refractivity contribution is 7.99. The molecule has 1 atom stereocenters. The van der Waals surface area contributed by atoms with Crippen molar-refractivity contribution in [1.29, 1.82) is 0 Å². The van der Waals surface area contributed by atoms with E-state index in [9.17, 15) is 8.42 Å². The van der Waals surface area contributed by atoms with Crippen molar-refractivity contribution in [3.63, 3.8) is 0 Å². The second-order valence-electron chi connectivity index (χ2n) is 4.55. The molecule has 7 nitrogen and oxygen atoms in total. The van der Waals surface area contributed by atoms with Gasteiger partial charge in [-0.2, -0.15) is 16.7 Å². The number of hydrogen-bond acceptors (Lipinski definition) is 7. The highest BCUT2D eigenvalue weighted by Gasteiger charge is 2.27. The number of imidazole rings is 1. The lowest BCUT2D eigenvalue weighted by atomic mass is 10.1. The fourth-order valence-electron chi connectivity index (χ4n) is 2.16. The maximum atomic E-state index is 12.5. The number of nitrogens with one attached hydrogen (secondary N) is 2. The summed E-state index contributed by atoms with van der Waals surface area (Å²) in [5, 5.41) is 1.86. The monoisotopic (exact) mass is 333 g/mol. The lowest BCUT2D eigenvalue weighted by Crippen LogP contribution is -2.31. The van der Waals surface area contributed by atoms with E-state index in [1.54, 1.807) is 11.6 Å². The van der Waals surface area contributed by atoms with Crippen LogP contribution in [0.5, 0.6) is 0 Å². The van der Waals surface area contributed by atoms with E-state index >= 15 is 0 Å². The van der Waals surface area contributed by atoms with Gasteiger partial charge in [0.1, 0.15) is 0 Å². The molecule has 1 unspecified atom stereocenters. The highest BCUT2D eigenvalue weighted by Crippen LogP contribution is 2.26. The van der Waals surface area contributed by atoms with Crippen molar-refractivity contribution in [3.05, 3.63) is 11.6 Å². The number of aromatic nitrogens is 2. The number of nitrogen functional groups attached to an aromatic ring is 1. The predicted molar refractivity (Wildman–Crippen MR) is 81.5 cm³/mol. The summed E-state index contributed by atoms with van der Waals surface area (Å²) in [7, 11) is -3.64. The van der Waals surface area contributed by atoms with Crippen molar-refractivity contribution in [2.75, 3.05) is 23.5 Å². The van der Waals surface area contributed by atoms with Crippen LogP contribution in [-0.4, -0.2) is 35.9 Å². The minimum absolute atomic E-state index is 0.0712. The Morgan fingerprint density at radius 2 is 2.40 bits per heavy atom. The number of thiazole rings is 1. The zero-order valence-corrected chi connectivity index (χ0v) is 13.0. The van der Waals surface area contributed by atoms with E-state index in [1.165, 1.54) is 15.7 Å². The summed E-state index contributed by atoms with van der Waals surface area (Å²) in [6.45, 7) is 0.455. The first kappa shape index (κ1) is 14.1. The fourth-order valence-corrected chi connectivity index (χ4v) is 5.57. The van der Waals surface area contributed by atoms with Gasteiger partial charge in [-0.25, -0.2) is 19.0 Å². The molecule has 110 valence electrons. The van der Waals surface area contributed by atoms with Gasteiger partial charge in [0.2, 0.25) is 5.03 Å². The third-order valence-corrected chi connectivity index (χ3v) is 6.63. The van der Waals surface area contributed by atoms with Crippen LogP contribution in [0.15, 0.2) is 16.6 Å². The molecule has 0 aliphatic carbocycles. The molecule has 1 saturated heterocycles. The summed E-state index contributed by atoms with van der Waals surface area (Å²) >= 11 is 3.22. The van der Waals surface area contributed by atoms with E-state index in [1.807, 2.05) is 11.8 Å². The third-order valence-electron chi connectivity index (χ3n) is 3.20. The molecular formula is C10H15N5O2S3. The average molecular weight is 333 g/mol. The Bertz CT molecular complexity index is 702. The van der Waals surface area contributed by atoms with Crippen molar-refractivity contribution in [2.24, 2.45) is 11.8 Å². The Balaban J connectivity index is 1.89. The quantitative estimate of drug-likeness (QED) is 0.550. The number of nitrogens with zero attached hydrogens (tertiary/aromatic N) is 2. The van der Waals surface area contributed by atoms with Gasteiger partial charge in [-0.15, -0.1) is 11.3 Å². The van der Waals surface area contributed by atoms with Crippen molar-refractivity contribution in [1.82, 2.24) is 14.1 Å². The van der Waals surface area contributed by atoms with E-state index in [0.29, 0.717) is 17.4 Å². The van der Waals surface area contributed by atoms with Crippen LogP contribution in [0.2, 0.25) is 0 Å².